The van der Waals surface area contributed by atoms with Gasteiger partial charge in [-0.15, -0.1) is 0 Å². The van der Waals surface area contributed by atoms with E-state index in [9.17, 15) is 9.59 Å². The molecule has 0 N–H and O–H groups in total. The second-order valence-electron chi connectivity index (χ2n) is 4.42. The van der Waals surface area contributed by atoms with Crippen LogP contribution in [0.25, 0.3) is 0 Å². The smallest absolute Gasteiger partial charge is 0.313 e. The first kappa shape index (κ1) is 13.9. The number of methoxy groups -OCH3 is 1. The Kier molecular flexibility index (Phi) is 4.08. The Morgan fingerprint density at radius 3 is 2.71 bits per heavy atom. The monoisotopic (exact) mass is 302 g/mol. The summed E-state index contributed by atoms with van der Waals surface area (Å²) in [6, 6.07) is 0. The van der Waals surface area contributed by atoms with Gasteiger partial charge >= 0.3 is 5.97 Å². The molecule has 1 aromatic heterocycles. The van der Waals surface area contributed by atoms with Crippen molar-refractivity contribution < 1.29 is 9.53 Å². The van der Waals surface area contributed by atoms with Crippen LogP contribution in [-0.4, -0.2) is 22.6 Å². The highest BCUT2D eigenvalue weighted by atomic mass is 79.9. The molecular formula is C11H15BrN2O3. The average molecular weight is 303 g/mol. The first-order valence-corrected chi connectivity index (χ1v) is 5.89. The molecule has 1 rings (SSSR count). The van der Waals surface area contributed by atoms with Crippen LogP contribution in [0.1, 0.15) is 19.7 Å². The summed E-state index contributed by atoms with van der Waals surface area (Å²) in [7, 11) is 1.33. The zero-order valence-electron chi connectivity index (χ0n) is 10.3. The average Bonchev–Trinajstić information content (AvgIpc) is 2.28. The van der Waals surface area contributed by atoms with Crippen LogP contribution in [0.3, 0.4) is 0 Å². The second kappa shape index (κ2) is 5.00. The molecule has 0 saturated heterocycles. The summed E-state index contributed by atoms with van der Waals surface area (Å²) in [6.45, 7) is 5.41. The van der Waals surface area contributed by atoms with Crippen LogP contribution in [0, 0.1) is 12.3 Å². The first-order valence-electron chi connectivity index (χ1n) is 5.10. The van der Waals surface area contributed by atoms with Gasteiger partial charge in [0.15, 0.2) is 0 Å². The molecule has 0 aliphatic carbocycles. The largest absolute Gasteiger partial charge is 0.469 e. The van der Waals surface area contributed by atoms with E-state index in [0.717, 1.165) is 0 Å². The number of hydrogen-bond acceptors (Lipinski definition) is 4. The Labute approximate surface area is 108 Å². The summed E-state index contributed by atoms with van der Waals surface area (Å²) in [6.07, 6.45) is 1.46. The molecule has 0 unspecified atom stereocenters. The van der Waals surface area contributed by atoms with E-state index < -0.39 is 5.41 Å². The normalized spacial score (nSPS) is 11.4. The molecule has 0 atom stereocenters. The zero-order chi connectivity index (χ0) is 13.2. The van der Waals surface area contributed by atoms with Gasteiger partial charge in [0.25, 0.3) is 5.56 Å². The van der Waals surface area contributed by atoms with E-state index in [2.05, 4.69) is 20.9 Å². The third-order valence-electron chi connectivity index (χ3n) is 2.50. The van der Waals surface area contributed by atoms with Crippen LogP contribution in [-0.2, 0) is 16.1 Å². The van der Waals surface area contributed by atoms with Crippen LogP contribution < -0.4 is 5.56 Å². The predicted molar refractivity (Wildman–Crippen MR) is 66.7 cm³/mol. The van der Waals surface area contributed by atoms with Gasteiger partial charge in [0.1, 0.15) is 10.3 Å². The standard InChI is InChI=1S/C11H15BrN2O3/c1-7-13-5-8(12)9(15)14(7)6-11(2,3)10(16)17-4/h5H,6H2,1-4H3. The third-order valence-corrected chi connectivity index (χ3v) is 3.04. The van der Waals surface area contributed by atoms with Gasteiger partial charge in [-0.25, -0.2) is 4.98 Å². The fourth-order valence-electron chi connectivity index (χ4n) is 1.47. The molecule has 5 nitrogen and oxygen atoms in total. The molecule has 1 heterocycles. The number of carbonyl (C=O) groups excluding carboxylic acids is 1. The molecule has 0 saturated carbocycles. The fraction of sp³-hybridized carbons (Fsp3) is 0.545. The summed E-state index contributed by atoms with van der Waals surface area (Å²) in [5.41, 5.74) is -0.972. The molecule has 0 aliphatic heterocycles. The summed E-state index contributed by atoms with van der Waals surface area (Å²) in [5, 5.41) is 0. The van der Waals surface area contributed by atoms with Gasteiger partial charge in [-0.2, -0.15) is 0 Å². The van der Waals surface area contributed by atoms with Crippen LogP contribution in [0.5, 0.6) is 0 Å². The van der Waals surface area contributed by atoms with Crippen molar-refractivity contribution in [1.82, 2.24) is 9.55 Å². The van der Waals surface area contributed by atoms with Crippen molar-refractivity contribution in [2.75, 3.05) is 7.11 Å². The van der Waals surface area contributed by atoms with Crippen LogP contribution >= 0.6 is 15.9 Å². The lowest BCUT2D eigenvalue weighted by Crippen LogP contribution is -2.36. The van der Waals surface area contributed by atoms with E-state index in [-0.39, 0.29) is 18.1 Å². The lowest BCUT2D eigenvalue weighted by Gasteiger charge is -2.23. The molecule has 17 heavy (non-hydrogen) atoms. The summed E-state index contributed by atoms with van der Waals surface area (Å²) in [5.74, 6) is 0.207. The third kappa shape index (κ3) is 2.94. The SMILES string of the molecule is COC(=O)C(C)(C)Cn1c(C)ncc(Br)c1=O. The van der Waals surface area contributed by atoms with Gasteiger partial charge in [-0.3, -0.25) is 14.2 Å². The number of nitrogens with zero attached hydrogens (tertiary/aromatic N) is 2. The maximum absolute atomic E-state index is 11.9. The quantitative estimate of drug-likeness (QED) is 0.794. The summed E-state index contributed by atoms with van der Waals surface area (Å²) in [4.78, 5) is 27.6. The lowest BCUT2D eigenvalue weighted by molar-refractivity contribution is -0.151. The number of hydrogen-bond donors (Lipinski definition) is 0. The number of rotatable bonds is 3. The van der Waals surface area contributed by atoms with Gasteiger partial charge in [-0.1, -0.05) is 0 Å². The summed E-state index contributed by atoms with van der Waals surface area (Å²) >= 11 is 3.13. The molecule has 0 amide bonds. The molecule has 0 spiro atoms. The summed E-state index contributed by atoms with van der Waals surface area (Å²) < 4.78 is 6.55. The number of aryl methyl sites for hydroxylation is 1. The molecule has 0 aromatic carbocycles. The van der Waals surface area contributed by atoms with Crippen molar-refractivity contribution in [2.45, 2.75) is 27.3 Å². The predicted octanol–water partition coefficient (Wildman–Crippen LogP) is 1.51. The molecule has 0 fully saturated rings. The topological polar surface area (TPSA) is 61.2 Å². The highest BCUT2D eigenvalue weighted by Gasteiger charge is 2.30. The van der Waals surface area contributed by atoms with Crippen molar-refractivity contribution in [2.24, 2.45) is 5.41 Å². The van der Waals surface area contributed by atoms with E-state index in [0.29, 0.717) is 10.3 Å². The van der Waals surface area contributed by atoms with Crippen molar-refractivity contribution >= 4 is 21.9 Å². The highest BCUT2D eigenvalue weighted by Crippen LogP contribution is 2.20. The van der Waals surface area contributed by atoms with Crippen molar-refractivity contribution in [3.05, 3.63) is 26.8 Å². The minimum absolute atomic E-state index is 0.200. The van der Waals surface area contributed by atoms with E-state index in [4.69, 9.17) is 4.74 Å². The lowest BCUT2D eigenvalue weighted by atomic mass is 9.93. The number of aromatic nitrogens is 2. The Morgan fingerprint density at radius 1 is 1.59 bits per heavy atom. The number of halogens is 1. The number of esters is 1. The maximum atomic E-state index is 11.9. The van der Waals surface area contributed by atoms with Gasteiger partial charge < -0.3 is 4.74 Å². The minimum atomic E-state index is -0.772. The molecule has 1 aromatic rings. The van der Waals surface area contributed by atoms with Crippen molar-refractivity contribution in [3.8, 4) is 0 Å². The zero-order valence-corrected chi connectivity index (χ0v) is 11.9. The van der Waals surface area contributed by atoms with Gasteiger partial charge in [0, 0.05) is 12.7 Å². The molecular weight excluding hydrogens is 288 g/mol. The molecule has 0 radical (unpaired) electrons. The van der Waals surface area contributed by atoms with Gasteiger partial charge in [0.2, 0.25) is 0 Å². The fourth-order valence-corrected chi connectivity index (χ4v) is 1.79. The Balaban J connectivity index is 3.16. The van der Waals surface area contributed by atoms with Crippen LogP contribution in [0.15, 0.2) is 15.5 Å². The first-order chi connectivity index (χ1) is 7.79. The van der Waals surface area contributed by atoms with E-state index in [1.165, 1.54) is 17.9 Å². The van der Waals surface area contributed by atoms with Gasteiger partial charge in [-0.05, 0) is 36.7 Å². The highest BCUT2D eigenvalue weighted by molar-refractivity contribution is 9.10. The Hall–Kier alpha value is -1.17. The molecule has 0 bridgehead atoms. The minimum Gasteiger partial charge on any atom is -0.469 e. The van der Waals surface area contributed by atoms with Crippen LogP contribution in [0.2, 0.25) is 0 Å². The van der Waals surface area contributed by atoms with Crippen molar-refractivity contribution in [1.29, 1.82) is 0 Å². The molecule has 94 valence electrons. The second-order valence-corrected chi connectivity index (χ2v) is 5.27. The van der Waals surface area contributed by atoms with E-state index in [1.54, 1.807) is 20.8 Å². The van der Waals surface area contributed by atoms with Crippen molar-refractivity contribution in [3.63, 3.8) is 0 Å². The maximum Gasteiger partial charge on any atom is 0.313 e. The van der Waals surface area contributed by atoms with Gasteiger partial charge in [0.05, 0.1) is 12.5 Å². The number of carbonyl (C=O) groups is 1. The number of ether oxygens (including phenoxy) is 1. The van der Waals surface area contributed by atoms with E-state index >= 15 is 0 Å². The Morgan fingerprint density at radius 2 is 2.18 bits per heavy atom. The Bertz CT molecular complexity index is 494. The van der Waals surface area contributed by atoms with Crippen LogP contribution in [0.4, 0.5) is 0 Å². The molecule has 0 aliphatic rings. The van der Waals surface area contributed by atoms with E-state index in [1.807, 2.05) is 0 Å². The molecule has 6 heteroatoms.